The first kappa shape index (κ1) is 21.1. The maximum Gasteiger partial charge on any atom is 0.230 e. The molecule has 0 aliphatic carbocycles. The Morgan fingerprint density at radius 2 is 1.94 bits per heavy atom. The van der Waals surface area contributed by atoms with Crippen molar-refractivity contribution in [2.24, 2.45) is 4.99 Å². The second kappa shape index (κ2) is 8.56. The van der Waals surface area contributed by atoms with Gasteiger partial charge in [-0.3, -0.25) is 9.79 Å². The molecule has 1 atom stereocenters. The number of fused-ring (bicyclic) bond motifs is 2. The quantitative estimate of drug-likeness (QED) is 0.468. The number of hydrogen-bond donors (Lipinski definition) is 0. The molecule has 4 nitrogen and oxygen atoms in total. The Morgan fingerprint density at radius 3 is 2.65 bits per heavy atom. The molecular formula is C26H26ClN3O. The van der Waals surface area contributed by atoms with E-state index in [-0.39, 0.29) is 12.3 Å². The molecule has 2 aromatic rings. The summed E-state index contributed by atoms with van der Waals surface area (Å²) in [5, 5.41) is 0.671. The molecule has 0 N–H and O–H groups in total. The van der Waals surface area contributed by atoms with Crippen LogP contribution >= 0.6 is 11.6 Å². The highest BCUT2D eigenvalue weighted by atomic mass is 35.5. The molecule has 4 rings (SSSR count). The molecule has 2 aliphatic heterocycles. The Morgan fingerprint density at radius 1 is 1.19 bits per heavy atom. The molecule has 0 aromatic heterocycles. The molecule has 0 bridgehead atoms. The fourth-order valence-corrected chi connectivity index (χ4v) is 4.84. The maximum absolute atomic E-state index is 13.6. The summed E-state index contributed by atoms with van der Waals surface area (Å²) < 4.78 is 0. The average molecular weight is 432 g/mol. The highest BCUT2D eigenvalue weighted by molar-refractivity contribution is 6.30. The standard InChI is InChI=1S/C26H26ClN3O/c1-4-5-9-23(28-3)17-25(31)30-16-15-29-19(2)24-10-7-6-8-20(24)18-26(29,30)21-11-13-22(27)14-12-21/h4-14H,2-3,15-18H2,1H3/b5-4-,23-9-. The second-order valence-electron chi connectivity index (χ2n) is 7.82. The summed E-state index contributed by atoms with van der Waals surface area (Å²) in [5.74, 6) is 0.0211. The lowest BCUT2D eigenvalue weighted by Crippen LogP contribution is -2.55. The fraction of sp³-hybridized carbons (Fsp3) is 0.231. The minimum absolute atomic E-state index is 0.0211. The zero-order valence-electron chi connectivity index (χ0n) is 17.7. The van der Waals surface area contributed by atoms with Crippen LogP contribution < -0.4 is 0 Å². The summed E-state index contributed by atoms with van der Waals surface area (Å²) >= 11 is 6.19. The fourth-order valence-electron chi connectivity index (χ4n) is 4.72. The lowest BCUT2D eigenvalue weighted by Gasteiger charge is -2.49. The Bertz CT molecular complexity index is 1090. The van der Waals surface area contributed by atoms with Gasteiger partial charge in [-0.2, -0.15) is 0 Å². The minimum Gasteiger partial charge on any atom is -0.343 e. The van der Waals surface area contributed by atoms with E-state index in [2.05, 4.69) is 35.3 Å². The van der Waals surface area contributed by atoms with E-state index in [0.29, 0.717) is 23.7 Å². The number of carbonyl (C=O) groups is 1. The number of allylic oxidation sites excluding steroid dienone is 3. The molecule has 1 unspecified atom stereocenters. The number of halogens is 1. The van der Waals surface area contributed by atoms with Crippen molar-refractivity contribution in [2.45, 2.75) is 25.4 Å². The van der Waals surface area contributed by atoms with E-state index in [9.17, 15) is 4.79 Å². The van der Waals surface area contributed by atoms with Gasteiger partial charge in [-0.1, -0.05) is 66.7 Å². The van der Waals surface area contributed by atoms with Crippen LogP contribution in [0.1, 0.15) is 30.0 Å². The van der Waals surface area contributed by atoms with Gasteiger partial charge < -0.3 is 9.80 Å². The number of nitrogens with zero attached hydrogens (tertiary/aromatic N) is 3. The van der Waals surface area contributed by atoms with Crippen molar-refractivity contribution in [3.8, 4) is 0 Å². The minimum atomic E-state index is -0.639. The van der Waals surface area contributed by atoms with Crippen LogP contribution in [0.25, 0.3) is 5.70 Å². The van der Waals surface area contributed by atoms with Gasteiger partial charge in [-0.15, -0.1) is 0 Å². The molecule has 1 amide bonds. The number of rotatable bonds is 5. The third-order valence-electron chi connectivity index (χ3n) is 6.16. The third-order valence-corrected chi connectivity index (χ3v) is 6.41. The molecule has 1 saturated heterocycles. The maximum atomic E-state index is 13.6. The Labute approximate surface area is 188 Å². The van der Waals surface area contributed by atoms with E-state index < -0.39 is 5.66 Å². The summed E-state index contributed by atoms with van der Waals surface area (Å²) in [6.45, 7) is 11.3. The van der Waals surface area contributed by atoms with Crippen LogP contribution in [0.2, 0.25) is 5.02 Å². The molecular weight excluding hydrogens is 406 g/mol. The molecule has 0 radical (unpaired) electrons. The molecule has 2 aromatic carbocycles. The van der Waals surface area contributed by atoms with Gasteiger partial charge in [0.2, 0.25) is 5.91 Å². The number of amides is 1. The van der Waals surface area contributed by atoms with E-state index in [4.69, 9.17) is 11.6 Å². The number of benzene rings is 2. The molecule has 5 heteroatoms. The van der Waals surface area contributed by atoms with Crippen LogP contribution in [0.3, 0.4) is 0 Å². The summed E-state index contributed by atoms with van der Waals surface area (Å²) in [5.41, 5.74) is 4.32. The average Bonchev–Trinajstić information content (AvgIpc) is 3.18. The molecule has 1 fully saturated rings. The van der Waals surface area contributed by atoms with Crippen LogP contribution in [0.4, 0.5) is 0 Å². The van der Waals surface area contributed by atoms with Crippen molar-refractivity contribution in [1.29, 1.82) is 0 Å². The van der Waals surface area contributed by atoms with E-state index in [1.807, 2.05) is 66.4 Å². The second-order valence-corrected chi connectivity index (χ2v) is 8.26. The van der Waals surface area contributed by atoms with Crippen molar-refractivity contribution < 1.29 is 4.79 Å². The Balaban J connectivity index is 1.81. The summed E-state index contributed by atoms with van der Waals surface area (Å²) in [7, 11) is 0. The molecule has 0 saturated carbocycles. The van der Waals surface area contributed by atoms with Crippen LogP contribution in [0, 0.1) is 0 Å². The van der Waals surface area contributed by atoms with Crippen LogP contribution in [0.15, 0.2) is 84.0 Å². The molecule has 2 aliphatic rings. The van der Waals surface area contributed by atoms with Gasteiger partial charge in [0, 0.05) is 41.5 Å². The van der Waals surface area contributed by atoms with Crippen molar-refractivity contribution in [3.05, 3.63) is 101 Å². The first-order chi connectivity index (χ1) is 15.0. The zero-order chi connectivity index (χ0) is 22.0. The van der Waals surface area contributed by atoms with Crippen LogP contribution in [-0.4, -0.2) is 35.5 Å². The monoisotopic (exact) mass is 431 g/mol. The highest BCUT2D eigenvalue weighted by Crippen LogP contribution is 2.49. The topological polar surface area (TPSA) is 35.9 Å². The van der Waals surface area contributed by atoms with Gasteiger partial charge in [0.15, 0.2) is 0 Å². The molecule has 158 valence electrons. The van der Waals surface area contributed by atoms with Gasteiger partial charge in [0.1, 0.15) is 5.66 Å². The first-order valence-electron chi connectivity index (χ1n) is 10.4. The van der Waals surface area contributed by atoms with Gasteiger partial charge in [0.05, 0.1) is 6.42 Å². The number of aliphatic imine (C=N–C) groups is 1. The number of hydrogen-bond acceptors (Lipinski definition) is 3. The van der Waals surface area contributed by atoms with Gasteiger partial charge in [-0.05, 0) is 43.0 Å². The van der Waals surface area contributed by atoms with Crippen molar-refractivity contribution in [2.75, 3.05) is 13.1 Å². The Kier molecular flexibility index (Phi) is 5.84. The smallest absolute Gasteiger partial charge is 0.230 e. The third kappa shape index (κ3) is 3.61. The first-order valence-corrected chi connectivity index (χ1v) is 10.8. The lowest BCUT2D eigenvalue weighted by atomic mass is 9.83. The summed E-state index contributed by atoms with van der Waals surface area (Å²) in [6, 6.07) is 16.1. The normalized spacial score (nSPS) is 20.7. The highest BCUT2D eigenvalue weighted by Gasteiger charge is 2.53. The number of carbonyl (C=O) groups excluding carboxylic acids is 1. The van der Waals surface area contributed by atoms with Gasteiger partial charge >= 0.3 is 0 Å². The lowest BCUT2D eigenvalue weighted by molar-refractivity contribution is -0.138. The van der Waals surface area contributed by atoms with E-state index in [0.717, 1.165) is 23.4 Å². The molecule has 0 spiro atoms. The van der Waals surface area contributed by atoms with Gasteiger partial charge in [0.25, 0.3) is 0 Å². The largest absolute Gasteiger partial charge is 0.343 e. The summed E-state index contributed by atoms with van der Waals surface area (Å²) in [4.78, 5) is 21.9. The van der Waals surface area contributed by atoms with Crippen molar-refractivity contribution in [3.63, 3.8) is 0 Å². The van der Waals surface area contributed by atoms with E-state index in [1.54, 1.807) is 0 Å². The van der Waals surface area contributed by atoms with E-state index >= 15 is 0 Å². The predicted octanol–water partition coefficient (Wildman–Crippen LogP) is 5.41. The SMILES string of the molecule is C=N/C(=C\C=C/C)CC(=O)N1CCN2C(=C)c3ccccc3CC21c1ccc(Cl)cc1. The zero-order valence-corrected chi connectivity index (χ0v) is 18.5. The Hall–Kier alpha value is -3.11. The molecule has 2 heterocycles. The van der Waals surface area contributed by atoms with E-state index in [1.165, 1.54) is 5.56 Å². The van der Waals surface area contributed by atoms with Crippen molar-refractivity contribution in [1.82, 2.24) is 9.80 Å². The summed E-state index contributed by atoms with van der Waals surface area (Å²) in [6.07, 6.45) is 6.50. The van der Waals surface area contributed by atoms with Crippen molar-refractivity contribution >= 4 is 29.9 Å². The van der Waals surface area contributed by atoms with Crippen LogP contribution in [0.5, 0.6) is 0 Å². The van der Waals surface area contributed by atoms with Gasteiger partial charge in [-0.25, -0.2) is 0 Å². The predicted molar refractivity (Wildman–Crippen MR) is 128 cm³/mol. The molecule has 31 heavy (non-hydrogen) atoms. The van der Waals surface area contributed by atoms with Crippen LogP contribution in [-0.2, 0) is 16.9 Å².